The van der Waals surface area contributed by atoms with Crippen molar-refractivity contribution in [2.24, 2.45) is 0 Å². The number of hydrogen-bond donors (Lipinski definition) is 2. The van der Waals surface area contributed by atoms with Crippen molar-refractivity contribution < 1.29 is 15.0 Å². The van der Waals surface area contributed by atoms with Gasteiger partial charge in [0.05, 0.1) is 12.2 Å². The molecule has 2 N–H and O–H groups in total. The summed E-state index contributed by atoms with van der Waals surface area (Å²) < 4.78 is 0. The molecule has 5 heteroatoms. The zero-order chi connectivity index (χ0) is 21.8. The van der Waals surface area contributed by atoms with E-state index in [9.17, 15) is 15.0 Å². The average Bonchev–Trinajstić information content (AvgIpc) is 2.72. The van der Waals surface area contributed by atoms with Gasteiger partial charge in [0.1, 0.15) is 0 Å². The van der Waals surface area contributed by atoms with Crippen LogP contribution in [0.3, 0.4) is 0 Å². The van der Waals surface area contributed by atoms with Crippen molar-refractivity contribution in [1.29, 1.82) is 0 Å². The van der Waals surface area contributed by atoms with E-state index in [1.165, 1.54) is 0 Å². The molecule has 0 spiro atoms. The number of aliphatic hydroxyl groups is 1. The SMILES string of the molecule is CC(C)(C)N(Cc1cccc(C[C@@](O)(C(=O)O)c2ccccc2)n1)c1ccccc1. The molecule has 0 aliphatic carbocycles. The van der Waals surface area contributed by atoms with Gasteiger partial charge in [-0.15, -0.1) is 0 Å². The standard InChI is InChI=1S/C25H28N2O3/c1-24(2,3)27(22-15-8-5-9-16-22)18-21-14-10-13-20(26-21)17-25(30,23(28)29)19-11-6-4-7-12-19/h4-16,30H,17-18H2,1-3H3,(H,28,29)/t25-/m0/s1. The number of benzene rings is 2. The maximum absolute atomic E-state index is 11.9. The first-order valence-corrected chi connectivity index (χ1v) is 9.99. The summed E-state index contributed by atoms with van der Waals surface area (Å²) in [6.45, 7) is 6.99. The predicted molar refractivity (Wildman–Crippen MR) is 118 cm³/mol. The summed E-state index contributed by atoms with van der Waals surface area (Å²) in [6, 6.07) is 24.1. The molecule has 0 saturated heterocycles. The summed E-state index contributed by atoms with van der Waals surface area (Å²) in [7, 11) is 0. The molecule has 0 bridgehead atoms. The van der Waals surface area contributed by atoms with Gasteiger partial charge in [-0.05, 0) is 50.6 Å². The van der Waals surface area contributed by atoms with Crippen molar-refractivity contribution in [1.82, 2.24) is 4.98 Å². The zero-order valence-corrected chi connectivity index (χ0v) is 17.6. The van der Waals surface area contributed by atoms with Crippen LogP contribution in [0.5, 0.6) is 0 Å². The Morgan fingerprint density at radius 1 is 0.867 bits per heavy atom. The quantitative estimate of drug-likeness (QED) is 0.611. The summed E-state index contributed by atoms with van der Waals surface area (Å²) in [4.78, 5) is 18.8. The largest absolute Gasteiger partial charge is 0.479 e. The number of aliphatic carboxylic acids is 1. The van der Waals surface area contributed by atoms with Crippen LogP contribution in [-0.4, -0.2) is 26.7 Å². The molecule has 0 unspecified atom stereocenters. The lowest BCUT2D eigenvalue weighted by molar-refractivity contribution is -0.159. The number of aromatic nitrogens is 1. The number of carboxylic acids is 1. The predicted octanol–water partition coefficient (Wildman–Crippen LogP) is 4.40. The van der Waals surface area contributed by atoms with Crippen LogP contribution in [-0.2, 0) is 23.4 Å². The van der Waals surface area contributed by atoms with Gasteiger partial charge in [0, 0.05) is 23.3 Å². The molecule has 1 heterocycles. The number of anilines is 1. The highest BCUT2D eigenvalue weighted by Gasteiger charge is 2.38. The second-order valence-electron chi connectivity index (χ2n) is 8.42. The van der Waals surface area contributed by atoms with Crippen molar-refractivity contribution in [2.45, 2.75) is 44.9 Å². The number of para-hydroxylation sites is 1. The fourth-order valence-electron chi connectivity index (χ4n) is 3.48. The zero-order valence-electron chi connectivity index (χ0n) is 17.6. The molecule has 1 atom stereocenters. The summed E-state index contributed by atoms with van der Waals surface area (Å²) >= 11 is 0. The second kappa shape index (κ2) is 8.67. The Labute approximate surface area is 177 Å². The molecule has 3 rings (SSSR count). The van der Waals surface area contributed by atoms with E-state index in [4.69, 9.17) is 0 Å². The summed E-state index contributed by atoms with van der Waals surface area (Å²) in [5.41, 5.74) is 0.602. The highest BCUT2D eigenvalue weighted by atomic mass is 16.4. The fourth-order valence-corrected chi connectivity index (χ4v) is 3.48. The third kappa shape index (κ3) is 4.86. The van der Waals surface area contributed by atoms with Crippen LogP contribution in [0, 0.1) is 0 Å². The van der Waals surface area contributed by atoms with Gasteiger partial charge in [0.15, 0.2) is 5.60 Å². The molecule has 0 fully saturated rings. The monoisotopic (exact) mass is 404 g/mol. The second-order valence-corrected chi connectivity index (χ2v) is 8.42. The summed E-state index contributed by atoms with van der Waals surface area (Å²) in [5.74, 6) is -1.29. The minimum atomic E-state index is -2.03. The molecule has 156 valence electrons. The highest BCUT2D eigenvalue weighted by Crippen LogP contribution is 2.28. The molecule has 0 saturated carbocycles. The number of nitrogens with zero attached hydrogens (tertiary/aromatic N) is 2. The first-order chi connectivity index (χ1) is 14.2. The average molecular weight is 405 g/mol. The van der Waals surface area contributed by atoms with E-state index >= 15 is 0 Å². The van der Waals surface area contributed by atoms with Gasteiger partial charge in [0.25, 0.3) is 0 Å². The van der Waals surface area contributed by atoms with E-state index in [0.717, 1.165) is 11.4 Å². The Hall–Kier alpha value is -3.18. The molecule has 2 aromatic carbocycles. The first kappa shape index (κ1) is 21.5. The van der Waals surface area contributed by atoms with E-state index in [-0.39, 0.29) is 12.0 Å². The van der Waals surface area contributed by atoms with Crippen LogP contribution in [0.25, 0.3) is 0 Å². The number of carboxylic acid groups (broad SMARTS) is 1. The van der Waals surface area contributed by atoms with Gasteiger partial charge >= 0.3 is 5.97 Å². The molecule has 0 amide bonds. The van der Waals surface area contributed by atoms with E-state index in [2.05, 4.69) is 42.8 Å². The normalized spacial score (nSPS) is 13.5. The third-order valence-electron chi connectivity index (χ3n) is 5.10. The van der Waals surface area contributed by atoms with Crippen LogP contribution in [0.15, 0.2) is 78.9 Å². The lowest BCUT2D eigenvalue weighted by atomic mass is 9.89. The minimum absolute atomic E-state index is 0.110. The van der Waals surface area contributed by atoms with Crippen LogP contribution >= 0.6 is 0 Å². The topological polar surface area (TPSA) is 73.7 Å². The Balaban J connectivity index is 1.89. The van der Waals surface area contributed by atoms with Gasteiger partial charge in [-0.1, -0.05) is 54.6 Å². The van der Waals surface area contributed by atoms with Crippen molar-refractivity contribution in [3.63, 3.8) is 0 Å². The Morgan fingerprint density at radius 3 is 2.00 bits per heavy atom. The van der Waals surface area contributed by atoms with Crippen LogP contribution in [0.4, 0.5) is 5.69 Å². The number of hydrogen-bond acceptors (Lipinski definition) is 4. The Kier molecular flexibility index (Phi) is 6.22. The number of carbonyl (C=O) groups is 1. The minimum Gasteiger partial charge on any atom is -0.479 e. The molecule has 1 aromatic heterocycles. The number of pyridine rings is 1. The van der Waals surface area contributed by atoms with E-state index in [1.54, 1.807) is 36.4 Å². The third-order valence-corrected chi connectivity index (χ3v) is 5.10. The van der Waals surface area contributed by atoms with Gasteiger partial charge in [0.2, 0.25) is 0 Å². The van der Waals surface area contributed by atoms with Crippen molar-refractivity contribution in [2.75, 3.05) is 4.90 Å². The molecule has 0 aliphatic heterocycles. The Morgan fingerprint density at radius 2 is 1.43 bits per heavy atom. The van der Waals surface area contributed by atoms with Gasteiger partial charge in [-0.3, -0.25) is 4.98 Å². The first-order valence-electron chi connectivity index (χ1n) is 9.99. The fraction of sp³-hybridized carbons (Fsp3) is 0.280. The lowest BCUT2D eigenvalue weighted by Gasteiger charge is -2.37. The van der Waals surface area contributed by atoms with Crippen LogP contribution in [0.2, 0.25) is 0 Å². The maximum Gasteiger partial charge on any atom is 0.340 e. The van der Waals surface area contributed by atoms with Gasteiger partial charge in [-0.2, -0.15) is 0 Å². The van der Waals surface area contributed by atoms with Crippen molar-refractivity contribution >= 4 is 11.7 Å². The Bertz CT molecular complexity index is 984. The van der Waals surface area contributed by atoms with Gasteiger partial charge < -0.3 is 15.1 Å². The van der Waals surface area contributed by atoms with Crippen molar-refractivity contribution in [3.8, 4) is 0 Å². The summed E-state index contributed by atoms with van der Waals surface area (Å²) in [6.07, 6.45) is -0.110. The van der Waals surface area contributed by atoms with E-state index in [0.29, 0.717) is 17.8 Å². The molecular formula is C25H28N2O3. The van der Waals surface area contributed by atoms with Crippen molar-refractivity contribution in [3.05, 3.63) is 95.8 Å². The van der Waals surface area contributed by atoms with Crippen LogP contribution < -0.4 is 4.90 Å². The summed E-state index contributed by atoms with van der Waals surface area (Å²) in [5, 5.41) is 20.7. The highest BCUT2D eigenvalue weighted by molar-refractivity contribution is 5.79. The van der Waals surface area contributed by atoms with Crippen LogP contribution in [0.1, 0.15) is 37.7 Å². The van der Waals surface area contributed by atoms with E-state index < -0.39 is 11.6 Å². The molecule has 5 nitrogen and oxygen atoms in total. The molecule has 30 heavy (non-hydrogen) atoms. The maximum atomic E-state index is 11.9. The molecular weight excluding hydrogens is 376 g/mol. The molecule has 0 radical (unpaired) electrons. The smallest absolute Gasteiger partial charge is 0.340 e. The lowest BCUT2D eigenvalue weighted by Crippen LogP contribution is -2.41. The molecule has 0 aliphatic rings. The molecule has 3 aromatic rings. The van der Waals surface area contributed by atoms with E-state index in [1.807, 2.05) is 30.3 Å². The van der Waals surface area contributed by atoms with Gasteiger partial charge in [-0.25, -0.2) is 4.79 Å². The number of rotatable bonds is 7.